The number of hydrogen-bond donors (Lipinski definition) is 1. The number of hydrogen-bond acceptors (Lipinski definition) is 5. The monoisotopic (exact) mass is 349 g/mol. The molecule has 0 aliphatic heterocycles. The Kier molecular flexibility index (Phi) is 5.72. The van der Waals surface area contributed by atoms with Gasteiger partial charge < -0.3 is 5.32 Å². The van der Waals surface area contributed by atoms with E-state index in [0.717, 1.165) is 5.03 Å². The molecule has 0 radical (unpaired) electrons. The van der Waals surface area contributed by atoms with E-state index in [1.165, 1.54) is 36.0 Å². The molecule has 8 heteroatoms. The summed E-state index contributed by atoms with van der Waals surface area (Å²) in [6, 6.07) is 7.86. The maximum Gasteiger partial charge on any atom is 0.288 e. The summed E-state index contributed by atoms with van der Waals surface area (Å²) in [5.41, 5.74) is 0.873. The Bertz CT molecular complexity index is 763. The van der Waals surface area contributed by atoms with Gasteiger partial charge in [0.25, 0.3) is 5.69 Å². The molecule has 23 heavy (non-hydrogen) atoms. The lowest BCUT2D eigenvalue weighted by molar-refractivity contribution is -0.384. The van der Waals surface area contributed by atoms with Crippen molar-refractivity contribution in [2.45, 2.75) is 5.03 Å². The van der Waals surface area contributed by atoms with E-state index in [0.29, 0.717) is 11.3 Å². The lowest BCUT2D eigenvalue weighted by Gasteiger charge is -2.02. The Morgan fingerprint density at radius 1 is 1.39 bits per heavy atom. The molecule has 0 saturated carbocycles. The highest BCUT2D eigenvalue weighted by atomic mass is 35.5. The van der Waals surface area contributed by atoms with E-state index >= 15 is 0 Å². The van der Waals surface area contributed by atoms with Crippen LogP contribution in [0.25, 0.3) is 6.08 Å². The van der Waals surface area contributed by atoms with Gasteiger partial charge >= 0.3 is 0 Å². The molecule has 0 aliphatic carbocycles. The summed E-state index contributed by atoms with van der Waals surface area (Å²) in [6.45, 7) is 0. The number of nitrogens with one attached hydrogen (secondary N) is 1. The van der Waals surface area contributed by atoms with Crippen LogP contribution in [0.1, 0.15) is 5.56 Å². The van der Waals surface area contributed by atoms with Crippen molar-refractivity contribution < 1.29 is 9.72 Å². The molecule has 2 aromatic rings. The van der Waals surface area contributed by atoms with Gasteiger partial charge in [-0.15, -0.1) is 11.8 Å². The second-order valence-electron chi connectivity index (χ2n) is 4.38. The van der Waals surface area contributed by atoms with Gasteiger partial charge in [-0.3, -0.25) is 14.9 Å². The highest BCUT2D eigenvalue weighted by molar-refractivity contribution is 7.98. The molecule has 1 amide bonds. The van der Waals surface area contributed by atoms with Crippen LogP contribution in [0.3, 0.4) is 0 Å². The third-order valence-electron chi connectivity index (χ3n) is 2.81. The van der Waals surface area contributed by atoms with Crippen LogP contribution in [0.15, 0.2) is 47.6 Å². The lowest BCUT2D eigenvalue weighted by Crippen LogP contribution is -2.07. The highest BCUT2D eigenvalue weighted by Crippen LogP contribution is 2.25. The number of amides is 1. The Balaban J connectivity index is 2.05. The number of carbonyl (C=O) groups excluding carboxylic acids is 1. The minimum atomic E-state index is -0.571. The molecule has 0 fully saturated rings. The molecule has 6 nitrogen and oxygen atoms in total. The van der Waals surface area contributed by atoms with Crippen molar-refractivity contribution in [3.05, 3.63) is 63.3 Å². The minimum Gasteiger partial charge on any atom is -0.321 e. The third-order valence-corrected chi connectivity index (χ3v) is 3.79. The van der Waals surface area contributed by atoms with Crippen molar-refractivity contribution in [1.82, 2.24) is 4.98 Å². The quantitative estimate of drug-likeness (QED) is 0.381. The number of benzene rings is 1. The molecule has 0 saturated heterocycles. The Hall–Kier alpha value is -2.38. The summed E-state index contributed by atoms with van der Waals surface area (Å²) in [7, 11) is 0. The third kappa shape index (κ3) is 4.80. The highest BCUT2D eigenvalue weighted by Gasteiger charge is 2.11. The first kappa shape index (κ1) is 17.0. The number of thioether (sulfide) groups is 1. The van der Waals surface area contributed by atoms with E-state index in [1.54, 1.807) is 24.4 Å². The number of nitrogens with zero attached hydrogens (tertiary/aromatic N) is 2. The Morgan fingerprint density at radius 3 is 2.78 bits per heavy atom. The first-order valence-electron chi connectivity index (χ1n) is 6.42. The summed E-state index contributed by atoms with van der Waals surface area (Å²) in [5, 5.41) is 14.4. The average molecular weight is 350 g/mol. The van der Waals surface area contributed by atoms with Gasteiger partial charge in [0.1, 0.15) is 5.02 Å². The maximum atomic E-state index is 11.8. The van der Waals surface area contributed by atoms with Gasteiger partial charge in [-0.05, 0) is 36.1 Å². The first-order chi connectivity index (χ1) is 11.0. The van der Waals surface area contributed by atoms with Crippen LogP contribution < -0.4 is 5.32 Å². The molecule has 1 N–H and O–H groups in total. The maximum absolute atomic E-state index is 11.8. The molecule has 0 bridgehead atoms. The van der Waals surface area contributed by atoms with Crippen molar-refractivity contribution in [2.75, 3.05) is 11.6 Å². The molecule has 0 spiro atoms. The van der Waals surface area contributed by atoms with Crippen LogP contribution in [0, 0.1) is 10.1 Å². The van der Waals surface area contributed by atoms with Gasteiger partial charge in [0.2, 0.25) is 5.91 Å². The number of carbonyl (C=O) groups is 1. The second kappa shape index (κ2) is 7.75. The number of nitro benzene ring substituents is 1. The van der Waals surface area contributed by atoms with Crippen LogP contribution in [0.5, 0.6) is 0 Å². The molecule has 0 aliphatic rings. The minimum absolute atomic E-state index is 0.0524. The van der Waals surface area contributed by atoms with E-state index in [4.69, 9.17) is 11.6 Å². The number of anilines is 1. The van der Waals surface area contributed by atoms with Crippen molar-refractivity contribution in [3.8, 4) is 0 Å². The largest absolute Gasteiger partial charge is 0.321 e. The van der Waals surface area contributed by atoms with Gasteiger partial charge in [0, 0.05) is 12.1 Å². The van der Waals surface area contributed by atoms with E-state index in [1.807, 2.05) is 6.26 Å². The predicted octanol–water partition coefficient (Wildman–Crippen LogP) is 4.02. The summed E-state index contributed by atoms with van der Waals surface area (Å²) in [4.78, 5) is 26.2. The van der Waals surface area contributed by atoms with E-state index in [-0.39, 0.29) is 16.6 Å². The van der Waals surface area contributed by atoms with Gasteiger partial charge in [0.15, 0.2) is 0 Å². The van der Waals surface area contributed by atoms with Gasteiger partial charge in [-0.1, -0.05) is 17.7 Å². The first-order valence-corrected chi connectivity index (χ1v) is 8.03. The number of halogens is 1. The second-order valence-corrected chi connectivity index (χ2v) is 5.61. The van der Waals surface area contributed by atoms with Crippen LogP contribution in [-0.4, -0.2) is 22.1 Å². The van der Waals surface area contributed by atoms with Crippen molar-refractivity contribution in [1.29, 1.82) is 0 Å². The van der Waals surface area contributed by atoms with Gasteiger partial charge in [-0.2, -0.15) is 0 Å². The van der Waals surface area contributed by atoms with Gasteiger partial charge in [0.05, 0.1) is 21.8 Å². The average Bonchev–Trinajstić information content (AvgIpc) is 2.54. The Morgan fingerprint density at radius 2 is 2.17 bits per heavy atom. The standard InChI is InChI=1S/C15H12ClN3O3S/c1-23-15-7-4-11(9-17-15)18-14(20)6-3-10-2-5-12(16)13(8-10)19(21)22/h2-9H,1H3,(H,18,20)/b6-3+. The van der Waals surface area contributed by atoms with E-state index in [2.05, 4.69) is 10.3 Å². The summed E-state index contributed by atoms with van der Waals surface area (Å²) < 4.78 is 0. The normalized spacial score (nSPS) is 10.7. The summed E-state index contributed by atoms with van der Waals surface area (Å²) in [5.74, 6) is -0.360. The van der Waals surface area contributed by atoms with Gasteiger partial charge in [-0.25, -0.2) is 4.98 Å². The number of pyridine rings is 1. The topological polar surface area (TPSA) is 85.1 Å². The van der Waals surface area contributed by atoms with E-state index in [9.17, 15) is 14.9 Å². The SMILES string of the molecule is CSc1ccc(NC(=O)/C=C/c2ccc(Cl)c([N+](=O)[O-])c2)cn1. The molecule has 0 unspecified atom stereocenters. The molecular formula is C15H12ClN3O3S. The smallest absolute Gasteiger partial charge is 0.288 e. The van der Waals surface area contributed by atoms with Crippen LogP contribution in [-0.2, 0) is 4.79 Å². The molecular weight excluding hydrogens is 338 g/mol. The fraction of sp³-hybridized carbons (Fsp3) is 0.0667. The molecule has 0 atom stereocenters. The van der Waals surface area contributed by atoms with Crippen molar-refractivity contribution in [3.63, 3.8) is 0 Å². The number of aromatic nitrogens is 1. The molecule has 1 aromatic carbocycles. The summed E-state index contributed by atoms with van der Waals surface area (Å²) in [6.07, 6.45) is 6.23. The number of nitro groups is 1. The van der Waals surface area contributed by atoms with Crippen molar-refractivity contribution >= 4 is 46.7 Å². The zero-order valence-electron chi connectivity index (χ0n) is 12.0. The predicted molar refractivity (Wildman–Crippen MR) is 91.8 cm³/mol. The molecule has 1 heterocycles. The molecule has 1 aromatic heterocycles. The zero-order chi connectivity index (χ0) is 16.8. The fourth-order valence-corrected chi connectivity index (χ4v) is 2.25. The molecule has 118 valence electrons. The van der Waals surface area contributed by atoms with E-state index < -0.39 is 4.92 Å². The van der Waals surface area contributed by atoms with Crippen molar-refractivity contribution in [2.24, 2.45) is 0 Å². The lowest BCUT2D eigenvalue weighted by atomic mass is 10.2. The van der Waals surface area contributed by atoms with Crippen LogP contribution in [0.4, 0.5) is 11.4 Å². The summed E-state index contributed by atoms with van der Waals surface area (Å²) >= 11 is 7.24. The Labute approximate surface area is 141 Å². The molecule has 2 rings (SSSR count). The van der Waals surface area contributed by atoms with Crippen LogP contribution >= 0.6 is 23.4 Å². The zero-order valence-corrected chi connectivity index (χ0v) is 13.6. The van der Waals surface area contributed by atoms with Crippen LogP contribution in [0.2, 0.25) is 5.02 Å². The number of rotatable bonds is 5. The fourth-order valence-electron chi connectivity index (χ4n) is 1.70.